The van der Waals surface area contributed by atoms with Crippen LogP contribution in [-0.2, 0) is 9.59 Å². The highest BCUT2D eigenvalue weighted by Gasteiger charge is 2.41. The maximum absolute atomic E-state index is 13.3. The number of benzene rings is 2. The van der Waals surface area contributed by atoms with Gasteiger partial charge in [0.25, 0.3) is 0 Å². The quantitative estimate of drug-likeness (QED) is 0.297. The Hall–Kier alpha value is -3.66. The summed E-state index contributed by atoms with van der Waals surface area (Å²) in [7, 11) is 0. The fraction of sp³-hybridized carbons (Fsp3) is 0.250. The zero-order chi connectivity index (χ0) is 28.2. The average Bonchev–Trinajstić information content (AvgIpc) is 3.41. The van der Waals surface area contributed by atoms with E-state index in [2.05, 4.69) is 37.5 Å². The van der Waals surface area contributed by atoms with Gasteiger partial charge >= 0.3 is 0 Å². The first-order valence-corrected chi connectivity index (χ1v) is 15.2. The zero-order valence-electron chi connectivity index (χ0n) is 21.5. The lowest BCUT2D eigenvalue weighted by molar-refractivity contribution is -0.116. The van der Waals surface area contributed by atoms with Crippen molar-refractivity contribution in [2.45, 2.75) is 36.4 Å². The Morgan fingerprint density at radius 1 is 1.25 bits per heavy atom. The molecule has 0 bridgehead atoms. The van der Waals surface area contributed by atoms with E-state index < -0.39 is 5.92 Å². The molecule has 3 N–H and O–H groups in total. The van der Waals surface area contributed by atoms with Gasteiger partial charge in [0.1, 0.15) is 11.6 Å². The first-order valence-electron chi connectivity index (χ1n) is 12.6. The van der Waals surface area contributed by atoms with Gasteiger partial charge in [-0.05, 0) is 55.7 Å². The van der Waals surface area contributed by atoms with Gasteiger partial charge in [-0.15, -0.1) is 10.2 Å². The number of aromatic nitrogens is 2. The minimum Gasteiger partial charge on any atom is -0.494 e. The number of Topliss-reactive ketones (excluding diaryl/α,β-unsaturated/α-hetero) is 1. The highest BCUT2D eigenvalue weighted by molar-refractivity contribution is 9.10. The topological polar surface area (TPSA) is 134 Å². The fourth-order valence-electron chi connectivity index (χ4n) is 4.80. The number of hydrogen-bond donors (Lipinski definition) is 2. The molecule has 1 unspecified atom stereocenters. The normalized spacial score (nSPS) is 17.0. The summed E-state index contributed by atoms with van der Waals surface area (Å²) in [5.74, 6) is 0.354. The summed E-state index contributed by atoms with van der Waals surface area (Å²) in [5.41, 5.74) is 9.72. The number of nitriles is 1. The van der Waals surface area contributed by atoms with Crippen molar-refractivity contribution >= 4 is 61.5 Å². The molecule has 12 heteroatoms. The van der Waals surface area contributed by atoms with Crippen LogP contribution in [0.1, 0.15) is 37.7 Å². The van der Waals surface area contributed by atoms with E-state index in [0.29, 0.717) is 52.2 Å². The molecule has 2 aromatic carbocycles. The molecule has 1 aromatic heterocycles. The molecule has 1 atom stereocenters. The van der Waals surface area contributed by atoms with E-state index in [0.717, 1.165) is 21.5 Å². The van der Waals surface area contributed by atoms with Crippen molar-refractivity contribution in [3.8, 4) is 11.8 Å². The first kappa shape index (κ1) is 27.9. The van der Waals surface area contributed by atoms with Gasteiger partial charge in [-0.3, -0.25) is 14.5 Å². The van der Waals surface area contributed by atoms with Crippen molar-refractivity contribution in [3.63, 3.8) is 0 Å². The van der Waals surface area contributed by atoms with E-state index in [1.165, 1.54) is 23.1 Å². The molecule has 3 aromatic rings. The van der Waals surface area contributed by atoms with Crippen molar-refractivity contribution in [2.24, 2.45) is 5.73 Å². The van der Waals surface area contributed by atoms with Gasteiger partial charge in [0.05, 0.1) is 29.9 Å². The lowest BCUT2D eigenvalue weighted by atomic mass is 9.76. The predicted molar refractivity (Wildman–Crippen MR) is 159 cm³/mol. The maximum atomic E-state index is 13.3. The largest absolute Gasteiger partial charge is 0.494 e. The van der Waals surface area contributed by atoms with Gasteiger partial charge in [0, 0.05) is 27.9 Å². The monoisotopic (exact) mass is 636 g/mol. The third-order valence-electron chi connectivity index (χ3n) is 6.49. The number of ketones is 1. The average molecular weight is 638 g/mol. The molecule has 0 radical (unpaired) electrons. The second-order valence-corrected chi connectivity index (χ2v) is 12.0. The van der Waals surface area contributed by atoms with E-state index in [1.54, 1.807) is 29.2 Å². The molecule has 0 fully saturated rings. The van der Waals surface area contributed by atoms with E-state index in [-0.39, 0.29) is 23.3 Å². The molecule has 204 valence electrons. The molecule has 9 nitrogen and oxygen atoms in total. The molecule has 2 heterocycles. The fourth-order valence-corrected chi connectivity index (χ4v) is 7.00. The van der Waals surface area contributed by atoms with Crippen molar-refractivity contribution in [1.29, 1.82) is 5.26 Å². The number of carbonyl (C=O) groups excluding carboxylic acids is 2. The van der Waals surface area contributed by atoms with Crippen LogP contribution in [0.5, 0.6) is 5.75 Å². The highest BCUT2D eigenvalue weighted by atomic mass is 79.9. The molecule has 1 aliphatic heterocycles. The molecular formula is C28H25BrN6O3S2. The highest BCUT2D eigenvalue weighted by Crippen LogP contribution is 2.48. The van der Waals surface area contributed by atoms with Crippen LogP contribution in [0.3, 0.4) is 0 Å². The number of thioether (sulfide) groups is 1. The number of rotatable bonds is 8. The Labute approximate surface area is 248 Å². The van der Waals surface area contributed by atoms with Crippen molar-refractivity contribution < 1.29 is 14.3 Å². The van der Waals surface area contributed by atoms with E-state index in [4.69, 9.17) is 10.5 Å². The van der Waals surface area contributed by atoms with Crippen LogP contribution in [-0.4, -0.2) is 34.2 Å². The number of allylic oxidation sites excluding steroid dienone is 3. The number of nitrogens with two attached hydrogens (primary N) is 1. The third kappa shape index (κ3) is 5.63. The standard InChI is InChI=1S/C28H25BrN6O3S2/c1-2-38-17-12-10-16(11-13-17)32-23(37)15-39-28-34-33-27(40-28)35-21-8-5-9-22(36)25(21)24(19(14-30)26(35)31)18-6-3-4-7-20(18)29/h3-4,6-7,10-13,24H,2,5,8-9,15,31H2,1H3,(H,32,37). The summed E-state index contributed by atoms with van der Waals surface area (Å²) in [6.07, 6.45) is 1.71. The van der Waals surface area contributed by atoms with Gasteiger partial charge in [0.15, 0.2) is 10.1 Å². The SMILES string of the molecule is CCOc1ccc(NC(=O)CSc2nnc(N3C(N)=C(C#N)C(c4ccccc4Br)C4=C3CCCC4=O)s2)cc1. The van der Waals surface area contributed by atoms with Crippen molar-refractivity contribution in [1.82, 2.24) is 10.2 Å². The summed E-state index contributed by atoms with van der Waals surface area (Å²) >= 11 is 6.10. The molecular weight excluding hydrogens is 612 g/mol. The lowest BCUT2D eigenvalue weighted by Crippen LogP contribution is -2.38. The van der Waals surface area contributed by atoms with Crippen LogP contribution < -0.4 is 20.7 Å². The van der Waals surface area contributed by atoms with Gasteiger partial charge < -0.3 is 15.8 Å². The van der Waals surface area contributed by atoms with E-state index in [1.807, 2.05) is 31.2 Å². The van der Waals surface area contributed by atoms with Gasteiger partial charge in [-0.1, -0.05) is 57.2 Å². The van der Waals surface area contributed by atoms with Gasteiger partial charge in [-0.2, -0.15) is 5.26 Å². The zero-order valence-corrected chi connectivity index (χ0v) is 24.7. The molecule has 2 aliphatic rings. The van der Waals surface area contributed by atoms with Crippen molar-refractivity contribution in [3.05, 3.63) is 81.2 Å². The Bertz CT molecular complexity index is 1560. The molecule has 0 saturated heterocycles. The summed E-state index contributed by atoms with van der Waals surface area (Å²) in [4.78, 5) is 27.5. The Morgan fingerprint density at radius 3 is 2.75 bits per heavy atom. The maximum Gasteiger partial charge on any atom is 0.234 e. The molecule has 1 amide bonds. The minimum atomic E-state index is -0.562. The summed E-state index contributed by atoms with van der Waals surface area (Å²) < 4.78 is 6.80. The molecule has 1 aliphatic carbocycles. The number of nitrogens with zero attached hydrogens (tertiary/aromatic N) is 4. The number of anilines is 2. The first-order chi connectivity index (χ1) is 19.4. The number of carbonyl (C=O) groups is 2. The molecule has 40 heavy (non-hydrogen) atoms. The van der Waals surface area contributed by atoms with Gasteiger partial charge in [-0.25, -0.2) is 0 Å². The second kappa shape index (κ2) is 12.2. The number of halogens is 1. The molecule has 0 spiro atoms. The Kier molecular flexibility index (Phi) is 8.54. The minimum absolute atomic E-state index is 0.00247. The van der Waals surface area contributed by atoms with Crippen LogP contribution in [0.25, 0.3) is 0 Å². The lowest BCUT2D eigenvalue weighted by Gasteiger charge is -2.38. The summed E-state index contributed by atoms with van der Waals surface area (Å²) in [6, 6.07) is 17.0. The number of ether oxygens (including phenoxy) is 1. The van der Waals surface area contributed by atoms with Crippen molar-refractivity contribution in [2.75, 3.05) is 22.6 Å². The smallest absolute Gasteiger partial charge is 0.234 e. The molecule has 0 saturated carbocycles. The van der Waals surface area contributed by atoms with Crippen LogP contribution in [0.4, 0.5) is 10.8 Å². The van der Waals surface area contributed by atoms with Crippen LogP contribution >= 0.6 is 39.0 Å². The second-order valence-electron chi connectivity index (χ2n) is 8.98. The van der Waals surface area contributed by atoms with E-state index >= 15 is 0 Å². The summed E-state index contributed by atoms with van der Waals surface area (Å²) in [5, 5.41) is 22.1. The van der Waals surface area contributed by atoms with Crippen LogP contribution in [0, 0.1) is 11.3 Å². The Morgan fingerprint density at radius 2 is 2.02 bits per heavy atom. The van der Waals surface area contributed by atoms with Gasteiger partial charge in [0.2, 0.25) is 11.0 Å². The Balaban J connectivity index is 1.37. The predicted octanol–water partition coefficient (Wildman–Crippen LogP) is 5.73. The summed E-state index contributed by atoms with van der Waals surface area (Å²) in [6.45, 7) is 2.48. The third-order valence-corrected chi connectivity index (χ3v) is 9.26. The number of amides is 1. The molecule has 5 rings (SSSR count). The van der Waals surface area contributed by atoms with E-state index in [9.17, 15) is 14.9 Å². The van der Waals surface area contributed by atoms with Crippen LogP contribution in [0.15, 0.2) is 80.0 Å². The number of nitrogens with one attached hydrogen (secondary N) is 1. The number of hydrogen-bond acceptors (Lipinski definition) is 10. The van der Waals surface area contributed by atoms with Crippen LogP contribution in [0.2, 0.25) is 0 Å².